The van der Waals surface area contributed by atoms with Crippen LogP contribution in [-0.2, 0) is 13.1 Å². The zero-order valence-electron chi connectivity index (χ0n) is 13.3. The van der Waals surface area contributed by atoms with Crippen LogP contribution in [0.3, 0.4) is 0 Å². The number of para-hydroxylation sites is 1. The van der Waals surface area contributed by atoms with Crippen molar-refractivity contribution in [1.82, 2.24) is 20.0 Å². The largest absolute Gasteiger partial charge is 0.311 e. The lowest BCUT2D eigenvalue weighted by Crippen LogP contribution is -2.54. The Morgan fingerprint density at radius 2 is 2.10 bits per heavy atom. The van der Waals surface area contributed by atoms with E-state index in [2.05, 4.69) is 59.9 Å². The Kier molecular flexibility index (Phi) is 4.27. The van der Waals surface area contributed by atoms with Crippen LogP contribution < -0.4 is 5.32 Å². The number of nitrogens with one attached hydrogen (secondary N) is 1. The highest BCUT2D eigenvalue weighted by Crippen LogP contribution is 2.22. The Hall–Kier alpha value is -1.39. The van der Waals surface area contributed by atoms with E-state index in [1.165, 1.54) is 23.0 Å². The zero-order chi connectivity index (χ0) is 14.8. The van der Waals surface area contributed by atoms with Crippen molar-refractivity contribution in [2.45, 2.75) is 52.4 Å². The van der Waals surface area contributed by atoms with E-state index in [9.17, 15) is 0 Å². The molecule has 2 unspecified atom stereocenters. The minimum Gasteiger partial charge on any atom is -0.311 e. The van der Waals surface area contributed by atoms with Crippen molar-refractivity contribution in [3.05, 3.63) is 30.0 Å². The van der Waals surface area contributed by atoms with Gasteiger partial charge in [0.1, 0.15) is 0 Å². The topological polar surface area (TPSA) is 33.1 Å². The van der Waals surface area contributed by atoms with Crippen molar-refractivity contribution in [3.8, 4) is 0 Å². The maximum Gasteiger partial charge on any atom is 0.0843 e. The Labute approximate surface area is 127 Å². The fourth-order valence-corrected chi connectivity index (χ4v) is 3.37. The number of piperazine rings is 1. The van der Waals surface area contributed by atoms with Gasteiger partial charge in [-0.15, -0.1) is 0 Å². The molecule has 1 aliphatic heterocycles. The van der Waals surface area contributed by atoms with Gasteiger partial charge in [0, 0.05) is 43.6 Å². The van der Waals surface area contributed by atoms with Gasteiger partial charge in [0.15, 0.2) is 0 Å². The Balaban J connectivity index is 1.90. The molecule has 0 aliphatic carbocycles. The summed E-state index contributed by atoms with van der Waals surface area (Å²) in [5.74, 6) is 0. The third-order valence-electron chi connectivity index (χ3n) is 4.58. The molecule has 4 heteroatoms. The Morgan fingerprint density at radius 1 is 1.29 bits per heavy atom. The highest BCUT2D eigenvalue weighted by atomic mass is 15.3. The summed E-state index contributed by atoms with van der Waals surface area (Å²) in [4.78, 5) is 2.59. The first kappa shape index (κ1) is 14.5. The normalized spacial score (nSPS) is 23.8. The van der Waals surface area contributed by atoms with Crippen LogP contribution in [-0.4, -0.2) is 39.9 Å². The predicted octanol–water partition coefficient (Wildman–Crippen LogP) is 2.63. The molecule has 2 aromatic rings. The van der Waals surface area contributed by atoms with E-state index in [0.717, 1.165) is 26.2 Å². The van der Waals surface area contributed by atoms with Gasteiger partial charge in [-0.1, -0.05) is 25.1 Å². The van der Waals surface area contributed by atoms with E-state index in [1.807, 2.05) is 0 Å². The summed E-state index contributed by atoms with van der Waals surface area (Å²) in [5, 5.41) is 9.74. The van der Waals surface area contributed by atoms with E-state index in [4.69, 9.17) is 5.10 Å². The lowest BCUT2D eigenvalue weighted by Gasteiger charge is -2.38. The highest BCUT2D eigenvalue weighted by Gasteiger charge is 2.25. The molecule has 2 atom stereocenters. The average Bonchev–Trinajstić information content (AvgIpc) is 2.86. The van der Waals surface area contributed by atoms with Gasteiger partial charge >= 0.3 is 0 Å². The van der Waals surface area contributed by atoms with E-state index >= 15 is 0 Å². The van der Waals surface area contributed by atoms with Crippen LogP contribution >= 0.6 is 0 Å². The third-order valence-corrected chi connectivity index (χ3v) is 4.58. The molecule has 4 nitrogen and oxygen atoms in total. The van der Waals surface area contributed by atoms with Gasteiger partial charge < -0.3 is 5.32 Å². The monoisotopic (exact) mass is 286 g/mol. The molecule has 1 aromatic carbocycles. The molecule has 1 fully saturated rings. The molecule has 0 saturated carbocycles. The molecule has 3 rings (SSSR count). The van der Waals surface area contributed by atoms with Crippen molar-refractivity contribution < 1.29 is 0 Å². The van der Waals surface area contributed by atoms with Crippen LogP contribution in [0.4, 0.5) is 0 Å². The number of hydrogen-bond acceptors (Lipinski definition) is 3. The van der Waals surface area contributed by atoms with Gasteiger partial charge in [0.2, 0.25) is 0 Å². The summed E-state index contributed by atoms with van der Waals surface area (Å²) in [6.45, 7) is 10.8. The van der Waals surface area contributed by atoms with Gasteiger partial charge in [0.05, 0.1) is 11.2 Å². The lowest BCUT2D eigenvalue weighted by atomic mass is 10.1. The summed E-state index contributed by atoms with van der Waals surface area (Å²) >= 11 is 0. The van der Waals surface area contributed by atoms with E-state index in [1.54, 1.807) is 0 Å². The molecule has 1 saturated heterocycles. The molecular weight excluding hydrogens is 260 g/mol. The molecule has 0 radical (unpaired) electrons. The van der Waals surface area contributed by atoms with Crippen LogP contribution in [0, 0.1) is 0 Å². The predicted molar refractivity (Wildman–Crippen MR) is 87.4 cm³/mol. The molecule has 1 aliphatic rings. The second-order valence-corrected chi connectivity index (χ2v) is 6.08. The van der Waals surface area contributed by atoms with E-state index in [-0.39, 0.29) is 0 Å². The fourth-order valence-electron chi connectivity index (χ4n) is 3.37. The number of nitrogens with zero attached hydrogens (tertiary/aromatic N) is 3. The van der Waals surface area contributed by atoms with E-state index < -0.39 is 0 Å². The molecular formula is C17H26N4. The number of fused-ring (bicyclic) bond motifs is 1. The van der Waals surface area contributed by atoms with Crippen LogP contribution in [0.2, 0.25) is 0 Å². The summed E-state index contributed by atoms with van der Waals surface area (Å²) in [5.41, 5.74) is 2.48. The smallest absolute Gasteiger partial charge is 0.0843 e. The molecule has 21 heavy (non-hydrogen) atoms. The molecule has 1 N–H and O–H groups in total. The first-order valence-corrected chi connectivity index (χ1v) is 8.14. The number of aryl methyl sites for hydroxylation is 1. The highest BCUT2D eigenvalue weighted by molar-refractivity contribution is 5.81. The van der Waals surface area contributed by atoms with Gasteiger partial charge in [-0.2, -0.15) is 5.10 Å². The van der Waals surface area contributed by atoms with Crippen molar-refractivity contribution in [2.24, 2.45) is 0 Å². The summed E-state index contributed by atoms with van der Waals surface area (Å²) in [7, 11) is 0. The number of benzene rings is 1. The van der Waals surface area contributed by atoms with Gasteiger partial charge in [0.25, 0.3) is 0 Å². The van der Waals surface area contributed by atoms with Crippen LogP contribution in [0.5, 0.6) is 0 Å². The fraction of sp³-hybridized carbons (Fsp3) is 0.588. The van der Waals surface area contributed by atoms with Crippen molar-refractivity contribution in [1.29, 1.82) is 0 Å². The van der Waals surface area contributed by atoms with Crippen LogP contribution in [0.15, 0.2) is 24.3 Å². The molecule has 0 amide bonds. The Bertz CT molecular complexity index is 604. The second kappa shape index (κ2) is 6.16. The minimum absolute atomic E-state index is 0.562. The quantitative estimate of drug-likeness (QED) is 0.938. The van der Waals surface area contributed by atoms with Crippen molar-refractivity contribution >= 4 is 10.9 Å². The van der Waals surface area contributed by atoms with Crippen LogP contribution in [0.1, 0.15) is 32.9 Å². The van der Waals surface area contributed by atoms with Crippen LogP contribution in [0.25, 0.3) is 10.9 Å². The molecule has 0 bridgehead atoms. The second-order valence-electron chi connectivity index (χ2n) is 6.08. The average molecular weight is 286 g/mol. The molecule has 0 spiro atoms. The molecule has 114 valence electrons. The third kappa shape index (κ3) is 2.83. The van der Waals surface area contributed by atoms with Crippen molar-refractivity contribution in [2.75, 3.05) is 13.1 Å². The lowest BCUT2D eigenvalue weighted by molar-refractivity contribution is 0.123. The molecule has 2 heterocycles. The SMILES string of the molecule is CCC1CNC(C)CN1Cc1nn(CC)c2ccccc12. The first-order valence-electron chi connectivity index (χ1n) is 8.14. The van der Waals surface area contributed by atoms with Gasteiger partial charge in [-0.05, 0) is 26.3 Å². The number of rotatable bonds is 4. The Morgan fingerprint density at radius 3 is 2.86 bits per heavy atom. The number of aromatic nitrogens is 2. The maximum absolute atomic E-state index is 4.85. The minimum atomic E-state index is 0.562. The summed E-state index contributed by atoms with van der Waals surface area (Å²) in [6.07, 6.45) is 1.19. The maximum atomic E-state index is 4.85. The summed E-state index contributed by atoms with van der Waals surface area (Å²) in [6, 6.07) is 9.77. The zero-order valence-corrected chi connectivity index (χ0v) is 13.3. The standard InChI is InChI=1S/C17H26N4/c1-4-14-10-18-13(3)11-20(14)12-16-15-8-6-7-9-17(15)21(5-2)19-16/h6-9,13-14,18H,4-5,10-12H2,1-3H3. The molecule has 1 aromatic heterocycles. The van der Waals surface area contributed by atoms with Gasteiger partial charge in [-0.3, -0.25) is 9.58 Å². The van der Waals surface area contributed by atoms with Gasteiger partial charge in [-0.25, -0.2) is 0 Å². The van der Waals surface area contributed by atoms with Crippen molar-refractivity contribution in [3.63, 3.8) is 0 Å². The van der Waals surface area contributed by atoms with E-state index in [0.29, 0.717) is 12.1 Å². The first-order chi connectivity index (χ1) is 10.2. The summed E-state index contributed by atoms with van der Waals surface area (Å²) < 4.78 is 2.12. The number of hydrogen-bond donors (Lipinski definition) is 1.